The molecule has 0 radical (unpaired) electrons. The van der Waals surface area contributed by atoms with Gasteiger partial charge in [0.2, 0.25) is 0 Å². The number of fused-ring (bicyclic) bond motifs is 1. The summed E-state index contributed by atoms with van der Waals surface area (Å²) in [4.78, 5) is 0. The topological polar surface area (TPSA) is 63.1 Å². The average Bonchev–Trinajstić information content (AvgIpc) is 3.16. The molecule has 1 heterocycles. The van der Waals surface area contributed by atoms with Crippen LogP contribution in [0.15, 0.2) is 59.7 Å². The first-order valence-corrected chi connectivity index (χ1v) is 8.46. The third-order valence-electron chi connectivity index (χ3n) is 4.78. The lowest BCUT2D eigenvalue weighted by molar-refractivity contribution is 0.407. The van der Waals surface area contributed by atoms with Crippen molar-refractivity contribution in [2.24, 2.45) is 5.10 Å². The van der Waals surface area contributed by atoms with E-state index in [0.29, 0.717) is 12.2 Å². The first-order valence-electron chi connectivity index (χ1n) is 8.46. The standard InChI is InChI=1S/C21H20N2O3/c1-25-13-7-8-17(20(24)11-13)19-12-18(22-23-19)15-9-10-21(26-2)16-6-4-3-5-14(15)16/h3-11,18,22,24H,12H2,1-2H3. The second-order valence-corrected chi connectivity index (χ2v) is 6.23. The van der Waals surface area contributed by atoms with Gasteiger partial charge in [0.25, 0.3) is 0 Å². The highest BCUT2D eigenvalue weighted by atomic mass is 16.5. The van der Waals surface area contributed by atoms with Crippen molar-refractivity contribution in [1.29, 1.82) is 0 Å². The van der Waals surface area contributed by atoms with E-state index in [0.717, 1.165) is 33.4 Å². The van der Waals surface area contributed by atoms with Crippen LogP contribution < -0.4 is 14.9 Å². The Morgan fingerprint density at radius 3 is 2.54 bits per heavy atom. The fraction of sp³-hybridized carbons (Fsp3) is 0.190. The van der Waals surface area contributed by atoms with E-state index >= 15 is 0 Å². The number of nitrogens with one attached hydrogen (secondary N) is 1. The lowest BCUT2D eigenvalue weighted by atomic mass is 9.94. The number of phenols is 1. The molecule has 0 aliphatic carbocycles. The summed E-state index contributed by atoms with van der Waals surface area (Å²) in [5, 5.41) is 17.0. The number of hydrogen-bond donors (Lipinski definition) is 2. The van der Waals surface area contributed by atoms with E-state index in [4.69, 9.17) is 9.47 Å². The third-order valence-corrected chi connectivity index (χ3v) is 4.78. The zero-order valence-electron chi connectivity index (χ0n) is 14.7. The van der Waals surface area contributed by atoms with Crippen molar-refractivity contribution in [3.05, 3.63) is 65.7 Å². The monoisotopic (exact) mass is 348 g/mol. The quantitative estimate of drug-likeness (QED) is 0.748. The van der Waals surface area contributed by atoms with Crippen LogP contribution in [0.5, 0.6) is 17.2 Å². The Morgan fingerprint density at radius 2 is 1.81 bits per heavy atom. The van der Waals surface area contributed by atoms with Gasteiger partial charge in [0.15, 0.2) is 0 Å². The van der Waals surface area contributed by atoms with Gasteiger partial charge in [-0.2, -0.15) is 5.10 Å². The Hall–Kier alpha value is -3.21. The first-order chi connectivity index (χ1) is 12.7. The molecule has 0 saturated heterocycles. The minimum absolute atomic E-state index is 0.0438. The molecule has 1 aliphatic rings. The normalized spacial score (nSPS) is 16.2. The molecule has 4 rings (SSSR count). The highest BCUT2D eigenvalue weighted by molar-refractivity contribution is 6.04. The molecule has 0 fully saturated rings. The van der Waals surface area contributed by atoms with Gasteiger partial charge < -0.3 is 20.0 Å². The van der Waals surface area contributed by atoms with Gasteiger partial charge in [-0.05, 0) is 29.1 Å². The second kappa shape index (κ2) is 6.59. The van der Waals surface area contributed by atoms with Crippen molar-refractivity contribution >= 4 is 16.5 Å². The fourth-order valence-electron chi connectivity index (χ4n) is 3.45. The number of aromatic hydroxyl groups is 1. The summed E-state index contributed by atoms with van der Waals surface area (Å²) in [7, 11) is 3.26. The third kappa shape index (κ3) is 2.71. The van der Waals surface area contributed by atoms with Gasteiger partial charge in [-0.3, -0.25) is 0 Å². The summed E-state index contributed by atoms with van der Waals surface area (Å²) < 4.78 is 10.6. The number of hydrazone groups is 1. The lowest BCUT2D eigenvalue weighted by Crippen LogP contribution is -2.10. The van der Waals surface area contributed by atoms with Crippen molar-refractivity contribution in [1.82, 2.24) is 5.43 Å². The highest BCUT2D eigenvalue weighted by Gasteiger charge is 2.25. The summed E-state index contributed by atoms with van der Waals surface area (Å²) >= 11 is 0. The van der Waals surface area contributed by atoms with Crippen LogP contribution in [0.4, 0.5) is 0 Å². The zero-order chi connectivity index (χ0) is 18.1. The molecular formula is C21H20N2O3. The van der Waals surface area contributed by atoms with Gasteiger partial charge in [-0.25, -0.2) is 0 Å². The Morgan fingerprint density at radius 1 is 1.00 bits per heavy atom. The molecule has 1 unspecified atom stereocenters. The van der Waals surface area contributed by atoms with Crippen molar-refractivity contribution in [2.45, 2.75) is 12.5 Å². The number of rotatable bonds is 4. The van der Waals surface area contributed by atoms with Gasteiger partial charge in [0.05, 0.1) is 26.0 Å². The van der Waals surface area contributed by atoms with E-state index in [1.807, 2.05) is 30.3 Å². The Bertz CT molecular complexity index is 998. The minimum Gasteiger partial charge on any atom is -0.507 e. The summed E-state index contributed by atoms with van der Waals surface area (Å²) in [6.45, 7) is 0. The molecule has 26 heavy (non-hydrogen) atoms. The largest absolute Gasteiger partial charge is 0.507 e. The number of ether oxygens (including phenoxy) is 2. The molecule has 3 aromatic rings. The lowest BCUT2D eigenvalue weighted by Gasteiger charge is -2.15. The number of benzene rings is 3. The number of nitrogens with zero attached hydrogens (tertiary/aromatic N) is 1. The molecular weight excluding hydrogens is 328 g/mol. The van der Waals surface area contributed by atoms with Crippen LogP contribution in [0.25, 0.3) is 10.8 Å². The fourth-order valence-corrected chi connectivity index (χ4v) is 3.45. The molecule has 0 saturated carbocycles. The van der Waals surface area contributed by atoms with Crippen LogP contribution in [0.1, 0.15) is 23.6 Å². The number of hydrogen-bond acceptors (Lipinski definition) is 5. The SMILES string of the molecule is COc1ccc(C2=NNC(c3ccc(OC)c4ccccc34)C2)c(O)c1. The van der Waals surface area contributed by atoms with E-state index in [1.165, 1.54) is 0 Å². The van der Waals surface area contributed by atoms with Crippen molar-refractivity contribution in [3.8, 4) is 17.2 Å². The molecule has 5 heteroatoms. The molecule has 0 amide bonds. The highest BCUT2D eigenvalue weighted by Crippen LogP contribution is 2.36. The van der Waals surface area contributed by atoms with E-state index in [1.54, 1.807) is 20.3 Å². The molecule has 3 aromatic carbocycles. The van der Waals surface area contributed by atoms with Crippen LogP contribution in [0, 0.1) is 0 Å². The Balaban J connectivity index is 1.66. The Kier molecular flexibility index (Phi) is 4.13. The zero-order valence-corrected chi connectivity index (χ0v) is 14.7. The van der Waals surface area contributed by atoms with E-state index in [2.05, 4.69) is 28.7 Å². The van der Waals surface area contributed by atoms with E-state index < -0.39 is 0 Å². The van der Waals surface area contributed by atoms with Gasteiger partial charge in [0.1, 0.15) is 17.2 Å². The summed E-state index contributed by atoms with van der Waals surface area (Å²) in [6, 6.07) is 17.6. The molecule has 0 aromatic heterocycles. The van der Waals surface area contributed by atoms with Crippen molar-refractivity contribution in [2.75, 3.05) is 14.2 Å². The van der Waals surface area contributed by atoms with Gasteiger partial charge in [-0.1, -0.05) is 30.3 Å². The van der Waals surface area contributed by atoms with Gasteiger partial charge in [-0.15, -0.1) is 0 Å². The predicted octanol–water partition coefficient (Wildman–Crippen LogP) is 4.00. The van der Waals surface area contributed by atoms with Gasteiger partial charge in [0, 0.05) is 23.4 Å². The van der Waals surface area contributed by atoms with Crippen LogP contribution >= 0.6 is 0 Å². The average molecular weight is 348 g/mol. The summed E-state index contributed by atoms with van der Waals surface area (Å²) in [5.74, 6) is 1.65. The van der Waals surface area contributed by atoms with Crippen LogP contribution in [0.3, 0.4) is 0 Å². The summed E-state index contributed by atoms with van der Waals surface area (Å²) in [6.07, 6.45) is 0.691. The molecule has 1 atom stereocenters. The van der Waals surface area contributed by atoms with E-state index in [9.17, 15) is 5.11 Å². The number of phenolic OH excluding ortho intramolecular Hbond substituents is 1. The molecule has 0 spiro atoms. The van der Waals surface area contributed by atoms with Crippen molar-refractivity contribution in [3.63, 3.8) is 0 Å². The van der Waals surface area contributed by atoms with Crippen molar-refractivity contribution < 1.29 is 14.6 Å². The molecule has 132 valence electrons. The Labute approximate surface area is 151 Å². The summed E-state index contributed by atoms with van der Waals surface area (Å²) in [5.41, 5.74) is 5.92. The maximum atomic E-state index is 10.3. The predicted molar refractivity (Wildman–Crippen MR) is 102 cm³/mol. The molecule has 1 aliphatic heterocycles. The first kappa shape index (κ1) is 16.3. The molecule has 2 N–H and O–H groups in total. The van der Waals surface area contributed by atoms with Crippen LogP contribution in [-0.4, -0.2) is 25.0 Å². The van der Waals surface area contributed by atoms with E-state index in [-0.39, 0.29) is 11.8 Å². The molecule has 0 bridgehead atoms. The van der Waals surface area contributed by atoms with Crippen LogP contribution in [0.2, 0.25) is 0 Å². The molecule has 5 nitrogen and oxygen atoms in total. The maximum Gasteiger partial charge on any atom is 0.128 e. The maximum absolute atomic E-state index is 10.3. The minimum atomic E-state index is 0.0438. The van der Waals surface area contributed by atoms with Gasteiger partial charge >= 0.3 is 0 Å². The smallest absolute Gasteiger partial charge is 0.128 e. The second-order valence-electron chi connectivity index (χ2n) is 6.23. The number of methoxy groups -OCH3 is 2. The van der Waals surface area contributed by atoms with Crippen LogP contribution in [-0.2, 0) is 0 Å².